The Morgan fingerprint density at radius 1 is 1.00 bits per heavy atom. The zero-order valence-corrected chi connectivity index (χ0v) is 22.8. The molecule has 0 aromatic heterocycles. The lowest BCUT2D eigenvalue weighted by atomic mass is 9.34. The fourth-order valence-corrected chi connectivity index (χ4v) is 11.0. The van der Waals surface area contributed by atoms with Crippen LogP contribution in [-0.2, 0) is 14.3 Å². The third-order valence-electron chi connectivity index (χ3n) is 13.2. The first-order valence-corrected chi connectivity index (χ1v) is 14.1. The molecule has 4 saturated carbocycles. The predicted octanol–water partition coefficient (Wildman–Crippen LogP) is 5.51. The fraction of sp³-hybridized carbons (Fsp3) is 0.774. The van der Waals surface area contributed by atoms with Gasteiger partial charge in [0, 0.05) is 35.3 Å². The Kier molecular flexibility index (Phi) is 4.00. The molecule has 5 fully saturated rings. The van der Waals surface area contributed by atoms with Crippen LogP contribution in [0.25, 0.3) is 0 Å². The Hall–Kier alpha value is -1.93. The molecule has 2 aliphatic heterocycles. The van der Waals surface area contributed by atoms with Crippen LogP contribution in [0.15, 0.2) is 23.3 Å². The average molecular weight is 489 g/mol. The number of likely N-dealkylation sites (N-methyl/N-ethyl adjacent to an activating group) is 1. The Labute approximate surface area is 215 Å². The number of rotatable bonds is 0. The molecule has 2 heterocycles. The maximum Gasteiger partial charge on any atom is 0.264 e. The van der Waals surface area contributed by atoms with E-state index < -0.39 is 11.0 Å². The average Bonchev–Trinajstić information content (AvgIpc) is 3.57. The highest BCUT2D eigenvalue weighted by atomic mass is 16.5. The minimum absolute atomic E-state index is 0.0394. The molecule has 5 aliphatic carbocycles. The van der Waals surface area contributed by atoms with Crippen LogP contribution in [-0.4, -0.2) is 40.9 Å². The zero-order chi connectivity index (χ0) is 25.7. The normalized spacial score (nSPS) is 51.3. The van der Waals surface area contributed by atoms with Crippen molar-refractivity contribution in [3.63, 3.8) is 0 Å². The van der Waals surface area contributed by atoms with Gasteiger partial charge in [-0.25, -0.2) is 0 Å². The van der Waals surface area contributed by atoms with E-state index in [4.69, 9.17) is 4.74 Å². The van der Waals surface area contributed by atoms with E-state index in [0.717, 1.165) is 50.5 Å². The maximum atomic E-state index is 14.7. The van der Waals surface area contributed by atoms with Crippen molar-refractivity contribution in [3.8, 4) is 6.07 Å². The van der Waals surface area contributed by atoms with Crippen LogP contribution in [0.2, 0.25) is 0 Å². The number of ether oxygens (including phenoxy) is 1. The summed E-state index contributed by atoms with van der Waals surface area (Å²) < 4.78 is 7.36. The van der Waals surface area contributed by atoms with Crippen LogP contribution in [0.3, 0.4) is 0 Å². The van der Waals surface area contributed by atoms with Crippen LogP contribution in [0.4, 0.5) is 0 Å². The lowest BCUT2D eigenvalue weighted by molar-refractivity contribution is -0.208. The molecule has 1 saturated heterocycles. The van der Waals surface area contributed by atoms with Gasteiger partial charge in [0.15, 0.2) is 5.78 Å². The monoisotopic (exact) mass is 488 g/mol. The standard InChI is InChI=1S/C31H40N2O3/c1-25(2)9-11-29-12-10-28(5)27(4)8-7-22-26(3,16-19(18-32)24(35)33(22)6)20(27)15-23(34)31(28,21(29)17-25)36-30(29)13-14-30/h15-16,21-22H,7-14,17H2,1-6H3/t21-,22-,26-,27-,28+,29+,31-/m1/s1. The van der Waals surface area contributed by atoms with Gasteiger partial charge in [-0.15, -0.1) is 0 Å². The molecule has 5 nitrogen and oxygen atoms in total. The molecule has 2 spiro atoms. The molecule has 1 amide bonds. The minimum atomic E-state index is -0.765. The van der Waals surface area contributed by atoms with E-state index in [9.17, 15) is 14.9 Å². The fourth-order valence-electron chi connectivity index (χ4n) is 11.0. The first kappa shape index (κ1) is 23.2. The van der Waals surface area contributed by atoms with Crippen LogP contribution in [0, 0.1) is 44.3 Å². The van der Waals surface area contributed by atoms with E-state index in [2.05, 4.69) is 40.7 Å². The van der Waals surface area contributed by atoms with Crippen molar-refractivity contribution in [2.24, 2.45) is 33.0 Å². The molecule has 0 aromatic rings. The Morgan fingerprint density at radius 3 is 2.36 bits per heavy atom. The number of hydrogen-bond donors (Lipinski definition) is 0. The molecular formula is C31H40N2O3. The van der Waals surface area contributed by atoms with Gasteiger partial charge in [0.05, 0.1) is 5.60 Å². The van der Waals surface area contributed by atoms with Gasteiger partial charge in [0.25, 0.3) is 5.91 Å². The number of carbonyl (C=O) groups is 2. The SMILES string of the molecule is CN1C(=O)C(C#N)=C[C@]2(C)C3=CC(=O)[C@]45OC6(CC6)[C@@]6(CCC(C)(C)C[C@H]64)CC[C@@]5(C)[C@]3(C)CC[C@@H]12. The van der Waals surface area contributed by atoms with Gasteiger partial charge in [-0.1, -0.05) is 34.6 Å². The Balaban J connectivity index is 1.46. The molecule has 36 heavy (non-hydrogen) atoms. The summed E-state index contributed by atoms with van der Waals surface area (Å²) >= 11 is 0. The van der Waals surface area contributed by atoms with E-state index in [-0.39, 0.29) is 56.5 Å². The molecule has 0 unspecified atom stereocenters. The predicted molar refractivity (Wildman–Crippen MR) is 135 cm³/mol. The molecule has 7 rings (SSSR count). The minimum Gasteiger partial charge on any atom is -0.359 e. The number of ketones is 1. The summed E-state index contributed by atoms with van der Waals surface area (Å²) in [5, 5.41) is 9.79. The molecule has 0 aromatic carbocycles. The number of nitriles is 1. The summed E-state index contributed by atoms with van der Waals surface area (Å²) in [4.78, 5) is 29.4. The van der Waals surface area contributed by atoms with Gasteiger partial charge in [0.1, 0.15) is 17.2 Å². The summed E-state index contributed by atoms with van der Waals surface area (Å²) in [6.45, 7) is 11.7. The summed E-state index contributed by atoms with van der Waals surface area (Å²) in [5.41, 5.74) is -0.265. The highest BCUT2D eigenvalue weighted by Crippen LogP contribution is 2.83. The van der Waals surface area contributed by atoms with Crippen molar-refractivity contribution in [2.75, 3.05) is 7.05 Å². The second-order valence-electron chi connectivity index (χ2n) is 14.9. The van der Waals surface area contributed by atoms with Crippen molar-refractivity contribution < 1.29 is 14.3 Å². The molecule has 5 heteroatoms. The van der Waals surface area contributed by atoms with E-state index in [1.807, 2.05) is 19.2 Å². The quantitative estimate of drug-likeness (QED) is 0.451. The molecule has 7 aliphatic rings. The lowest BCUT2D eigenvalue weighted by Crippen LogP contribution is -2.72. The molecular weight excluding hydrogens is 448 g/mol. The highest BCUT2D eigenvalue weighted by Gasteiger charge is 2.86. The van der Waals surface area contributed by atoms with Gasteiger partial charge in [0.2, 0.25) is 0 Å². The molecule has 7 atom stereocenters. The van der Waals surface area contributed by atoms with Crippen LogP contribution < -0.4 is 0 Å². The van der Waals surface area contributed by atoms with E-state index in [0.29, 0.717) is 0 Å². The second-order valence-corrected chi connectivity index (χ2v) is 14.9. The zero-order valence-electron chi connectivity index (χ0n) is 22.8. The van der Waals surface area contributed by atoms with Crippen molar-refractivity contribution in [1.29, 1.82) is 5.26 Å². The van der Waals surface area contributed by atoms with E-state index in [1.54, 1.807) is 4.90 Å². The summed E-state index contributed by atoms with van der Waals surface area (Å²) in [6.07, 6.45) is 13.5. The Morgan fingerprint density at radius 2 is 1.69 bits per heavy atom. The topological polar surface area (TPSA) is 70.4 Å². The van der Waals surface area contributed by atoms with Crippen LogP contribution >= 0.6 is 0 Å². The van der Waals surface area contributed by atoms with Crippen molar-refractivity contribution >= 4 is 11.7 Å². The number of hydrogen-bond acceptors (Lipinski definition) is 4. The number of amides is 1. The van der Waals surface area contributed by atoms with Gasteiger partial charge in [-0.3, -0.25) is 9.59 Å². The maximum absolute atomic E-state index is 14.7. The lowest BCUT2D eigenvalue weighted by Gasteiger charge is -2.69. The molecule has 2 bridgehead atoms. The summed E-state index contributed by atoms with van der Waals surface area (Å²) in [6, 6.07) is 2.11. The van der Waals surface area contributed by atoms with Gasteiger partial charge in [-0.2, -0.15) is 5.26 Å². The van der Waals surface area contributed by atoms with Crippen molar-refractivity contribution in [1.82, 2.24) is 4.90 Å². The number of fused-ring (bicyclic) bond motifs is 4. The summed E-state index contributed by atoms with van der Waals surface area (Å²) in [5.74, 6) is 0.237. The summed E-state index contributed by atoms with van der Waals surface area (Å²) in [7, 11) is 1.82. The van der Waals surface area contributed by atoms with Crippen molar-refractivity contribution in [3.05, 3.63) is 23.3 Å². The largest absolute Gasteiger partial charge is 0.359 e. The second kappa shape index (κ2) is 6.20. The highest BCUT2D eigenvalue weighted by molar-refractivity contribution is 6.02. The van der Waals surface area contributed by atoms with E-state index in [1.165, 1.54) is 12.8 Å². The Bertz CT molecular complexity index is 1230. The third-order valence-corrected chi connectivity index (χ3v) is 13.2. The number of nitrogens with zero attached hydrogens (tertiary/aromatic N) is 2. The van der Waals surface area contributed by atoms with Crippen LogP contribution in [0.5, 0.6) is 0 Å². The van der Waals surface area contributed by atoms with Gasteiger partial charge >= 0.3 is 0 Å². The first-order valence-electron chi connectivity index (χ1n) is 14.1. The third kappa shape index (κ3) is 2.15. The van der Waals surface area contributed by atoms with Crippen LogP contribution in [0.1, 0.15) is 92.4 Å². The van der Waals surface area contributed by atoms with Gasteiger partial charge < -0.3 is 9.64 Å². The first-order chi connectivity index (χ1) is 16.8. The number of carbonyl (C=O) groups excluding carboxylic acids is 2. The smallest absolute Gasteiger partial charge is 0.264 e. The van der Waals surface area contributed by atoms with E-state index >= 15 is 0 Å². The molecule has 0 radical (unpaired) electrons. The molecule has 0 N–H and O–H groups in total. The molecule has 192 valence electrons. The van der Waals surface area contributed by atoms with Crippen molar-refractivity contribution in [2.45, 2.75) is 110 Å². The van der Waals surface area contributed by atoms with Gasteiger partial charge in [-0.05, 0) is 86.3 Å².